The van der Waals surface area contributed by atoms with Crippen LogP contribution in [-0.2, 0) is 20.5 Å². The van der Waals surface area contributed by atoms with Gasteiger partial charge in [0.1, 0.15) is 6.54 Å². The van der Waals surface area contributed by atoms with Crippen LogP contribution in [0.25, 0.3) is 0 Å². The highest BCUT2D eigenvalue weighted by atomic mass is 28.4. The van der Waals surface area contributed by atoms with Gasteiger partial charge in [-0.1, -0.05) is 19.9 Å². The average molecular weight is 422 g/mol. The van der Waals surface area contributed by atoms with Crippen LogP contribution in [0.1, 0.15) is 37.5 Å². The van der Waals surface area contributed by atoms with E-state index in [-0.39, 0.29) is 18.2 Å². The zero-order valence-electron chi connectivity index (χ0n) is 17.5. The molecule has 9 heteroatoms. The van der Waals surface area contributed by atoms with Crippen LogP contribution in [0.15, 0.2) is 18.2 Å². The number of carboxylic acids is 1. The fraction of sp³-hybridized carbons (Fsp3) is 0.600. The average Bonchev–Trinajstić information content (AvgIpc) is 2.66. The van der Waals surface area contributed by atoms with Crippen molar-refractivity contribution in [2.45, 2.75) is 63.7 Å². The number of fused-ring (bicyclic) bond motifs is 4. The van der Waals surface area contributed by atoms with Crippen molar-refractivity contribution in [1.82, 2.24) is 10.6 Å². The van der Waals surface area contributed by atoms with Gasteiger partial charge in [-0.05, 0) is 36.3 Å². The molecule has 0 saturated carbocycles. The minimum Gasteiger partial charge on any atom is -0.480 e. The maximum absolute atomic E-state index is 11.6. The number of amides is 2. The molecule has 2 aliphatic rings. The summed E-state index contributed by atoms with van der Waals surface area (Å²) in [5, 5.41) is 17.2. The Kier molecular flexibility index (Phi) is 6.50. The number of hydrogen-bond acceptors (Lipinski definition) is 5. The van der Waals surface area contributed by atoms with Crippen LogP contribution in [0, 0.1) is 0 Å². The molecule has 0 radical (unpaired) electrons. The van der Waals surface area contributed by atoms with Gasteiger partial charge in [-0.3, -0.25) is 4.79 Å². The number of carbonyl (C=O) groups is 2. The van der Waals surface area contributed by atoms with Crippen molar-refractivity contribution >= 4 is 26.0 Å². The molecule has 3 atom stereocenters. The van der Waals surface area contributed by atoms with E-state index in [2.05, 4.69) is 42.9 Å². The fourth-order valence-electron chi connectivity index (χ4n) is 3.51. The first-order valence-electron chi connectivity index (χ1n) is 10.1. The van der Waals surface area contributed by atoms with Crippen LogP contribution < -0.4 is 16.0 Å². The van der Waals surface area contributed by atoms with E-state index < -0.39 is 26.9 Å². The summed E-state index contributed by atoms with van der Waals surface area (Å²) >= 11 is 0. The lowest BCUT2D eigenvalue weighted by Gasteiger charge is -2.45. The van der Waals surface area contributed by atoms with Gasteiger partial charge in [0.15, 0.2) is 8.32 Å². The van der Waals surface area contributed by atoms with Crippen LogP contribution in [0.4, 0.5) is 10.5 Å². The fourth-order valence-corrected chi connectivity index (χ4v) is 4.79. The number of rotatable bonds is 7. The van der Waals surface area contributed by atoms with Gasteiger partial charge in [-0.15, -0.1) is 0 Å². The van der Waals surface area contributed by atoms with Gasteiger partial charge < -0.3 is 30.2 Å². The molecule has 4 N–H and O–H groups in total. The molecule has 1 aromatic rings. The SMILES string of the molecule is CC(C)[Si](C)(C)O[C@@H]1CO[C@@H]2C[C@H]1Nc1ccc(CNC(=O)NCC(=O)O)cc12. The number of aliphatic carboxylic acids is 1. The molecule has 2 bridgehead atoms. The van der Waals surface area contributed by atoms with Crippen molar-refractivity contribution in [3.05, 3.63) is 29.3 Å². The topological polar surface area (TPSA) is 109 Å². The summed E-state index contributed by atoms with van der Waals surface area (Å²) < 4.78 is 12.7. The Morgan fingerprint density at radius 2 is 2.10 bits per heavy atom. The van der Waals surface area contributed by atoms with Gasteiger partial charge in [0, 0.05) is 24.2 Å². The maximum atomic E-state index is 11.6. The molecule has 2 heterocycles. The number of urea groups is 1. The predicted molar refractivity (Wildman–Crippen MR) is 112 cm³/mol. The van der Waals surface area contributed by atoms with Gasteiger partial charge in [-0.2, -0.15) is 0 Å². The lowest BCUT2D eigenvalue weighted by Crippen LogP contribution is -2.52. The monoisotopic (exact) mass is 421 g/mol. The molecule has 160 valence electrons. The van der Waals surface area contributed by atoms with E-state index in [0.29, 0.717) is 18.7 Å². The number of anilines is 1. The zero-order valence-corrected chi connectivity index (χ0v) is 18.5. The smallest absolute Gasteiger partial charge is 0.323 e. The third-order valence-electron chi connectivity index (χ3n) is 5.88. The Morgan fingerprint density at radius 1 is 1.34 bits per heavy atom. The van der Waals surface area contributed by atoms with E-state index in [0.717, 1.165) is 23.2 Å². The van der Waals surface area contributed by atoms with Crippen molar-refractivity contribution in [1.29, 1.82) is 0 Å². The second-order valence-electron chi connectivity index (χ2n) is 8.57. The number of nitrogens with one attached hydrogen (secondary N) is 3. The summed E-state index contributed by atoms with van der Waals surface area (Å²) in [6.07, 6.45) is 0.930. The molecule has 2 aliphatic heterocycles. The maximum Gasteiger partial charge on any atom is 0.323 e. The summed E-state index contributed by atoms with van der Waals surface area (Å²) in [4.78, 5) is 22.1. The highest BCUT2D eigenvalue weighted by Crippen LogP contribution is 2.41. The van der Waals surface area contributed by atoms with Crippen LogP contribution in [0.5, 0.6) is 0 Å². The standard InChI is InChI=1S/C20H31N3O5Si/c1-12(2)29(3,4)28-18-11-27-17-8-16(18)23-15-6-5-13(7-14(15)17)9-21-20(26)22-10-19(24)25/h5-7,12,16-18,23H,8-11H2,1-4H3,(H,24,25)(H2,21,22,26)/t16-,17-,18-/m1/s1. The Morgan fingerprint density at radius 3 is 2.79 bits per heavy atom. The third kappa shape index (κ3) is 5.29. The lowest BCUT2D eigenvalue weighted by atomic mass is 9.89. The van der Waals surface area contributed by atoms with E-state index in [1.165, 1.54) is 0 Å². The summed E-state index contributed by atoms with van der Waals surface area (Å²) in [7, 11) is -1.76. The van der Waals surface area contributed by atoms with Crippen molar-refractivity contribution in [2.75, 3.05) is 18.5 Å². The number of benzene rings is 1. The minimum absolute atomic E-state index is 0.0146. The van der Waals surface area contributed by atoms with Gasteiger partial charge in [0.25, 0.3) is 0 Å². The van der Waals surface area contributed by atoms with Gasteiger partial charge >= 0.3 is 12.0 Å². The summed E-state index contributed by atoms with van der Waals surface area (Å²) in [6.45, 7) is 9.44. The Bertz CT molecular complexity index is 770. The van der Waals surface area contributed by atoms with E-state index in [1.54, 1.807) is 0 Å². The van der Waals surface area contributed by atoms with Crippen LogP contribution in [0.3, 0.4) is 0 Å². The van der Waals surface area contributed by atoms with Crippen molar-refractivity contribution in [2.24, 2.45) is 0 Å². The quantitative estimate of drug-likeness (QED) is 0.504. The largest absolute Gasteiger partial charge is 0.480 e. The van der Waals surface area contributed by atoms with Crippen LogP contribution in [-0.4, -0.2) is 50.7 Å². The molecule has 1 fully saturated rings. The molecule has 29 heavy (non-hydrogen) atoms. The molecular formula is C20H31N3O5Si. The molecule has 3 rings (SSSR count). The van der Waals surface area contributed by atoms with E-state index in [1.807, 2.05) is 18.2 Å². The Hall–Kier alpha value is -2.10. The zero-order chi connectivity index (χ0) is 21.2. The second-order valence-corrected chi connectivity index (χ2v) is 13.2. The summed E-state index contributed by atoms with van der Waals surface area (Å²) in [5.41, 5.74) is 3.61. The number of carbonyl (C=O) groups excluding carboxylic acids is 1. The molecule has 0 aromatic heterocycles. The van der Waals surface area contributed by atoms with E-state index in [4.69, 9.17) is 14.3 Å². The molecule has 0 aliphatic carbocycles. The summed E-state index contributed by atoms with van der Waals surface area (Å²) in [6, 6.07) is 5.73. The van der Waals surface area contributed by atoms with Crippen molar-refractivity contribution in [3.63, 3.8) is 0 Å². The molecular weight excluding hydrogens is 390 g/mol. The second kappa shape index (κ2) is 8.72. The van der Waals surface area contributed by atoms with Crippen LogP contribution in [0.2, 0.25) is 18.6 Å². The molecule has 0 unspecified atom stereocenters. The minimum atomic E-state index is -1.76. The van der Waals surface area contributed by atoms with E-state index >= 15 is 0 Å². The summed E-state index contributed by atoms with van der Waals surface area (Å²) in [5.74, 6) is -1.08. The molecule has 1 aromatic carbocycles. The predicted octanol–water partition coefficient (Wildman–Crippen LogP) is 2.83. The van der Waals surface area contributed by atoms with Crippen LogP contribution >= 0.6 is 0 Å². The van der Waals surface area contributed by atoms with Crippen molar-refractivity contribution in [3.8, 4) is 0 Å². The third-order valence-corrected chi connectivity index (χ3v) is 9.57. The first-order chi connectivity index (χ1) is 13.7. The Labute approximate surface area is 172 Å². The first-order valence-corrected chi connectivity index (χ1v) is 13.1. The Balaban J connectivity index is 1.62. The van der Waals surface area contributed by atoms with Gasteiger partial charge in [-0.25, -0.2) is 4.79 Å². The van der Waals surface area contributed by atoms with Gasteiger partial charge in [0.2, 0.25) is 0 Å². The first kappa shape index (κ1) is 21.6. The van der Waals surface area contributed by atoms with Crippen molar-refractivity contribution < 1.29 is 23.9 Å². The molecule has 8 nitrogen and oxygen atoms in total. The number of carboxylic acid groups (broad SMARTS) is 1. The van der Waals surface area contributed by atoms with E-state index in [9.17, 15) is 9.59 Å². The lowest BCUT2D eigenvalue weighted by molar-refractivity contribution is -0.135. The normalized spacial score (nSPS) is 23.1. The highest BCUT2D eigenvalue weighted by molar-refractivity contribution is 6.72. The highest BCUT2D eigenvalue weighted by Gasteiger charge is 2.41. The molecule has 1 saturated heterocycles. The molecule has 2 amide bonds. The molecule has 0 spiro atoms. The number of hydrogen-bond donors (Lipinski definition) is 4. The number of ether oxygens (including phenoxy) is 1. The van der Waals surface area contributed by atoms with Gasteiger partial charge in [0.05, 0.1) is 24.9 Å².